The molecule has 0 aromatic heterocycles. The number of hydrogen-bond donors (Lipinski definition) is 0. The van der Waals surface area contributed by atoms with E-state index in [0.29, 0.717) is 25.0 Å². The Morgan fingerprint density at radius 3 is 2.65 bits per heavy atom. The number of esters is 1. The van der Waals surface area contributed by atoms with Crippen LogP contribution >= 0.6 is 0 Å². The Labute approximate surface area is 135 Å². The Hall–Kier alpha value is -1.89. The standard InChI is InChI=1S/C16H20O6S/c1-21-13-7-4-8-14(10-13)23(19,20)15(16(18)22-2)11-5-3-6-12(17)9-11/h4,7-8,10-11,15H,3,5-6,9H2,1-2H3. The smallest absolute Gasteiger partial charge is 0.324 e. The summed E-state index contributed by atoms with van der Waals surface area (Å²) in [5.74, 6) is -1.02. The topological polar surface area (TPSA) is 86.7 Å². The Balaban J connectivity index is 2.44. The van der Waals surface area contributed by atoms with Gasteiger partial charge in [0.05, 0.1) is 19.1 Å². The zero-order valence-corrected chi connectivity index (χ0v) is 14.0. The normalized spacial score (nSPS) is 19.9. The van der Waals surface area contributed by atoms with E-state index in [0.717, 1.165) is 7.11 Å². The minimum Gasteiger partial charge on any atom is -0.497 e. The SMILES string of the molecule is COC(=O)C(C1CCCC(=O)C1)S(=O)(=O)c1cccc(OC)c1. The third-order valence-corrected chi connectivity index (χ3v) is 6.24. The third kappa shape index (κ3) is 3.72. The van der Waals surface area contributed by atoms with Crippen LogP contribution in [0.2, 0.25) is 0 Å². The van der Waals surface area contributed by atoms with Gasteiger partial charge in [-0.3, -0.25) is 9.59 Å². The predicted molar refractivity (Wildman–Crippen MR) is 82.9 cm³/mol. The van der Waals surface area contributed by atoms with Crippen molar-refractivity contribution in [1.29, 1.82) is 0 Å². The maximum Gasteiger partial charge on any atom is 0.324 e. The molecule has 0 aliphatic heterocycles. The summed E-state index contributed by atoms with van der Waals surface area (Å²) in [6, 6.07) is 5.96. The van der Waals surface area contributed by atoms with Crippen molar-refractivity contribution in [2.24, 2.45) is 5.92 Å². The zero-order chi connectivity index (χ0) is 17.0. The van der Waals surface area contributed by atoms with Gasteiger partial charge < -0.3 is 9.47 Å². The highest BCUT2D eigenvalue weighted by molar-refractivity contribution is 7.92. The number of hydrogen-bond acceptors (Lipinski definition) is 6. The summed E-state index contributed by atoms with van der Waals surface area (Å²) in [5.41, 5.74) is 0. The Morgan fingerprint density at radius 2 is 2.04 bits per heavy atom. The fourth-order valence-electron chi connectivity index (χ4n) is 2.93. The molecule has 0 N–H and O–H groups in total. The molecule has 0 amide bonds. The molecule has 1 aliphatic rings. The number of carbonyl (C=O) groups is 2. The monoisotopic (exact) mass is 340 g/mol. The molecule has 1 aromatic rings. The molecule has 0 radical (unpaired) electrons. The number of methoxy groups -OCH3 is 2. The Morgan fingerprint density at radius 1 is 1.30 bits per heavy atom. The molecule has 1 aromatic carbocycles. The van der Waals surface area contributed by atoms with Gasteiger partial charge >= 0.3 is 5.97 Å². The average Bonchev–Trinajstić information content (AvgIpc) is 2.54. The van der Waals surface area contributed by atoms with Crippen molar-refractivity contribution in [1.82, 2.24) is 0 Å². The van der Waals surface area contributed by atoms with Crippen molar-refractivity contribution in [2.45, 2.75) is 35.8 Å². The van der Waals surface area contributed by atoms with Crippen molar-refractivity contribution in [3.63, 3.8) is 0 Å². The van der Waals surface area contributed by atoms with Gasteiger partial charge in [0, 0.05) is 12.8 Å². The zero-order valence-electron chi connectivity index (χ0n) is 13.2. The van der Waals surface area contributed by atoms with Crippen LogP contribution in [0.4, 0.5) is 0 Å². The third-order valence-electron chi connectivity index (χ3n) is 4.09. The molecule has 1 aliphatic carbocycles. The summed E-state index contributed by atoms with van der Waals surface area (Å²) >= 11 is 0. The average molecular weight is 340 g/mol. The van der Waals surface area contributed by atoms with Crippen molar-refractivity contribution in [3.8, 4) is 5.75 Å². The van der Waals surface area contributed by atoms with Gasteiger partial charge in [-0.05, 0) is 37.0 Å². The lowest BCUT2D eigenvalue weighted by Crippen LogP contribution is -2.40. The van der Waals surface area contributed by atoms with Crippen molar-refractivity contribution in [3.05, 3.63) is 24.3 Å². The fraction of sp³-hybridized carbons (Fsp3) is 0.500. The van der Waals surface area contributed by atoms with Crippen LogP contribution in [0.3, 0.4) is 0 Å². The van der Waals surface area contributed by atoms with Gasteiger partial charge in [0.25, 0.3) is 0 Å². The highest BCUT2D eigenvalue weighted by Gasteiger charge is 2.43. The van der Waals surface area contributed by atoms with Crippen LogP contribution in [0.15, 0.2) is 29.2 Å². The molecule has 1 fully saturated rings. The van der Waals surface area contributed by atoms with Crippen LogP contribution in [0.1, 0.15) is 25.7 Å². The van der Waals surface area contributed by atoms with Gasteiger partial charge in [0.2, 0.25) is 0 Å². The number of ether oxygens (including phenoxy) is 2. The number of ketones is 1. The maximum absolute atomic E-state index is 12.9. The summed E-state index contributed by atoms with van der Waals surface area (Å²) in [6.45, 7) is 0. The minimum absolute atomic E-state index is 0.00901. The predicted octanol–water partition coefficient (Wildman–Crippen LogP) is 1.77. The van der Waals surface area contributed by atoms with Crippen molar-refractivity contribution in [2.75, 3.05) is 14.2 Å². The summed E-state index contributed by atoms with van der Waals surface area (Å²) in [4.78, 5) is 23.8. The summed E-state index contributed by atoms with van der Waals surface area (Å²) in [5, 5.41) is -1.37. The van der Waals surface area contributed by atoms with E-state index >= 15 is 0 Å². The molecule has 7 heteroatoms. The van der Waals surface area contributed by atoms with Crippen LogP contribution in [0, 0.1) is 5.92 Å². The maximum atomic E-state index is 12.9. The molecule has 2 rings (SSSR count). The summed E-state index contributed by atoms with van der Waals surface area (Å²) in [6.07, 6.45) is 1.62. The molecule has 0 bridgehead atoms. The molecule has 2 atom stereocenters. The van der Waals surface area contributed by atoms with Crippen molar-refractivity contribution < 1.29 is 27.5 Å². The lowest BCUT2D eigenvalue weighted by molar-refractivity contribution is -0.141. The summed E-state index contributed by atoms with van der Waals surface area (Å²) < 4.78 is 35.6. The first-order valence-corrected chi connectivity index (χ1v) is 8.92. The fourth-order valence-corrected chi connectivity index (χ4v) is 4.86. The number of Topliss-reactive ketones (excluding diaryl/α,β-unsaturated/α-hetero) is 1. The molecule has 6 nitrogen and oxygen atoms in total. The van der Waals surface area contributed by atoms with Gasteiger partial charge in [-0.1, -0.05) is 6.07 Å². The molecule has 0 heterocycles. The van der Waals surface area contributed by atoms with E-state index in [1.165, 1.54) is 19.2 Å². The minimum atomic E-state index is -3.97. The molecule has 2 unspecified atom stereocenters. The van der Waals surface area contributed by atoms with Crippen LogP contribution in [0.5, 0.6) is 5.75 Å². The van der Waals surface area contributed by atoms with E-state index in [4.69, 9.17) is 9.47 Å². The van der Waals surface area contributed by atoms with E-state index < -0.39 is 27.0 Å². The van der Waals surface area contributed by atoms with E-state index in [9.17, 15) is 18.0 Å². The highest BCUT2D eigenvalue weighted by atomic mass is 32.2. The lowest BCUT2D eigenvalue weighted by Gasteiger charge is -2.27. The van der Waals surface area contributed by atoms with Gasteiger partial charge in [-0.15, -0.1) is 0 Å². The number of benzene rings is 1. The number of carbonyl (C=O) groups excluding carboxylic acids is 2. The first kappa shape index (κ1) is 17.5. The molecule has 1 saturated carbocycles. The van der Waals surface area contributed by atoms with E-state index in [-0.39, 0.29) is 17.1 Å². The quantitative estimate of drug-likeness (QED) is 0.759. The molecule has 23 heavy (non-hydrogen) atoms. The van der Waals surface area contributed by atoms with Crippen molar-refractivity contribution >= 4 is 21.6 Å². The molecule has 0 spiro atoms. The Kier molecular flexibility index (Phi) is 5.41. The molecular formula is C16H20O6S. The lowest BCUT2D eigenvalue weighted by atomic mass is 9.86. The summed E-state index contributed by atoms with van der Waals surface area (Å²) in [7, 11) is -1.39. The van der Waals surface area contributed by atoms with Crippen LogP contribution in [-0.2, 0) is 24.2 Å². The van der Waals surface area contributed by atoms with Crippen LogP contribution < -0.4 is 4.74 Å². The van der Waals surface area contributed by atoms with E-state index in [1.54, 1.807) is 12.1 Å². The van der Waals surface area contributed by atoms with Crippen LogP contribution in [0.25, 0.3) is 0 Å². The van der Waals surface area contributed by atoms with Gasteiger partial charge in [0.1, 0.15) is 11.5 Å². The van der Waals surface area contributed by atoms with Gasteiger partial charge in [-0.2, -0.15) is 0 Å². The first-order valence-electron chi connectivity index (χ1n) is 7.37. The molecule has 126 valence electrons. The first-order chi connectivity index (χ1) is 10.9. The second-order valence-corrected chi connectivity index (χ2v) is 7.63. The molecular weight excluding hydrogens is 320 g/mol. The van der Waals surface area contributed by atoms with Gasteiger partial charge in [-0.25, -0.2) is 8.42 Å². The second kappa shape index (κ2) is 7.12. The van der Waals surface area contributed by atoms with Gasteiger partial charge in [0.15, 0.2) is 15.1 Å². The van der Waals surface area contributed by atoms with E-state index in [1.807, 2.05) is 0 Å². The van der Waals surface area contributed by atoms with Crippen LogP contribution in [-0.4, -0.2) is 39.6 Å². The molecule has 0 saturated heterocycles. The Bertz CT molecular complexity index is 694. The second-order valence-electron chi connectivity index (χ2n) is 5.56. The van der Waals surface area contributed by atoms with E-state index in [2.05, 4.69) is 0 Å². The highest BCUT2D eigenvalue weighted by Crippen LogP contribution is 2.33. The number of sulfone groups is 1. The largest absolute Gasteiger partial charge is 0.497 e. The number of rotatable bonds is 5.